The molecule has 1 aromatic rings. The molecule has 0 spiro atoms. The summed E-state index contributed by atoms with van der Waals surface area (Å²) in [6.07, 6.45) is 0.458. The zero-order valence-electron chi connectivity index (χ0n) is 12.3. The van der Waals surface area contributed by atoms with Crippen molar-refractivity contribution in [2.45, 2.75) is 32.4 Å². The lowest BCUT2D eigenvalue weighted by atomic mass is 10.0. The van der Waals surface area contributed by atoms with Gasteiger partial charge in [-0.2, -0.15) is 0 Å². The topological polar surface area (TPSA) is 50.7 Å². The first-order valence-corrected chi connectivity index (χ1v) is 7.37. The molecule has 2 unspecified atom stereocenters. The lowest BCUT2D eigenvalue weighted by Crippen LogP contribution is -2.35. The fourth-order valence-corrected chi connectivity index (χ4v) is 2.33. The minimum atomic E-state index is -0.469. The predicted octanol–water partition coefficient (Wildman–Crippen LogP) is 2.13. The Labute approximate surface area is 121 Å². The van der Waals surface area contributed by atoms with Crippen LogP contribution in [0.15, 0.2) is 24.3 Å². The van der Waals surface area contributed by atoms with Gasteiger partial charge >= 0.3 is 0 Å². The normalized spacial score (nSPS) is 19.5. The van der Waals surface area contributed by atoms with E-state index in [2.05, 4.69) is 25.2 Å². The first-order valence-electron chi connectivity index (χ1n) is 7.37. The van der Waals surface area contributed by atoms with Gasteiger partial charge in [0.15, 0.2) is 0 Å². The van der Waals surface area contributed by atoms with Crippen molar-refractivity contribution < 1.29 is 14.6 Å². The molecule has 2 atom stereocenters. The molecule has 0 bridgehead atoms. The molecule has 2 N–H and O–H groups in total. The first-order chi connectivity index (χ1) is 9.66. The van der Waals surface area contributed by atoms with E-state index in [4.69, 9.17) is 9.47 Å². The van der Waals surface area contributed by atoms with Gasteiger partial charge in [-0.25, -0.2) is 0 Å². The molecule has 4 heteroatoms. The van der Waals surface area contributed by atoms with Gasteiger partial charge in [-0.1, -0.05) is 32.0 Å². The highest BCUT2D eigenvalue weighted by Crippen LogP contribution is 2.31. The maximum absolute atomic E-state index is 9.92. The second-order valence-electron chi connectivity index (χ2n) is 5.72. The summed E-state index contributed by atoms with van der Waals surface area (Å²) in [7, 11) is 0. The van der Waals surface area contributed by atoms with E-state index in [1.807, 2.05) is 18.2 Å². The van der Waals surface area contributed by atoms with Crippen LogP contribution in [-0.4, -0.2) is 37.6 Å². The molecule has 0 radical (unpaired) electrons. The zero-order chi connectivity index (χ0) is 14.4. The Hall–Kier alpha value is -1.10. The Morgan fingerprint density at radius 1 is 1.35 bits per heavy atom. The summed E-state index contributed by atoms with van der Waals surface area (Å²) in [4.78, 5) is 0. The molecule has 0 saturated carbocycles. The number of rotatable bonds is 7. The molecule has 0 aromatic heterocycles. The highest BCUT2D eigenvalue weighted by atomic mass is 16.5. The van der Waals surface area contributed by atoms with Crippen LogP contribution in [0, 0.1) is 5.92 Å². The van der Waals surface area contributed by atoms with E-state index >= 15 is 0 Å². The molecule has 1 aromatic carbocycles. The Morgan fingerprint density at radius 3 is 2.95 bits per heavy atom. The van der Waals surface area contributed by atoms with E-state index < -0.39 is 6.10 Å². The standard InChI is InChI=1S/C16H25NO3/c1-12(2)10-19-11-13(18)9-17-15-7-8-20-16-6-4-3-5-14(15)16/h3-6,12-13,15,17-18H,7-11H2,1-2H3. The second-order valence-corrected chi connectivity index (χ2v) is 5.72. The Morgan fingerprint density at radius 2 is 2.15 bits per heavy atom. The summed E-state index contributed by atoms with van der Waals surface area (Å²) in [6, 6.07) is 8.32. The maximum Gasteiger partial charge on any atom is 0.124 e. The van der Waals surface area contributed by atoms with Crippen LogP contribution in [0.2, 0.25) is 0 Å². The summed E-state index contributed by atoms with van der Waals surface area (Å²) in [5.41, 5.74) is 1.18. The van der Waals surface area contributed by atoms with Crippen LogP contribution in [-0.2, 0) is 4.74 Å². The van der Waals surface area contributed by atoms with Crippen LogP contribution in [0.5, 0.6) is 5.75 Å². The van der Waals surface area contributed by atoms with Crippen molar-refractivity contribution in [3.63, 3.8) is 0 Å². The largest absolute Gasteiger partial charge is 0.493 e. The third kappa shape index (κ3) is 4.47. The van der Waals surface area contributed by atoms with Gasteiger partial charge in [0.05, 0.1) is 19.3 Å². The van der Waals surface area contributed by atoms with Crippen molar-refractivity contribution >= 4 is 0 Å². The highest BCUT2D eigenvalue weighted by molar-refractivity contribution is 5.37. The molecular formula is C16H25NO3. The predicted molar refractivity (Wildman–Crippen MR) is 79.0 cm³/mol. The first kappa shape index (κ1) is 15.3. The maximum atomic E-state index is 9.92. The quantitative estimate of drug-likeness (QED) is 0.803. The van der Waals surface area contributed by atoms with E-state index in [9.17, 15) is 5.11 Å². The molecule has 20 heavy (non-hydrogen) atoms. The number of benzene rings is 1. The van der Waals surface area contributed by atoms with Crippen LogP contribution in [0.1, 0.15) is 31.9 Å². The summed E-state index contributed by atoms with van der Waals surface area (Å²) in [6.45, 7) is 6.53. The molecule has 1 aliphatic rings. The van der Waals surface area contributed by atoms with Gasteiger partial charge in [0.1, 0.15) is 5.75 Å². The monoisotopic (exact) mass is 279 g/mol. The van der Waals surface area contributed by atoms with E-state index in [1.54, 1.807) is 0 Å². The molecule has 0 aliphatic carbocycles. The molecule has 112 valence electrons. The Bertz CT molecular complexity index is 408. The minimum absolute atomic E-state index is 0.250. The van der Waals surface area contributed by atoms with Crippen LogP contribution in [0.3, 0.4) is 0 Å². The third-order valence-electron chi connectivity index (χ3n) is 3.32. The van der Waals surface area contributed by atoms with Gasteiger partial charge in [-0.05, 0) is 12.0 Å². The average Bonchev–Trinajstić information content (AvgIpc) is 2.44. The van der Waals surface area contributed by atoms with Gasteiger partial charge in [-0.15, -0.1) is 0 Å². The number of para-hydroxylation sites is 1. The SMILES string of the molecule is CC(C)COCC(O)CNC1CCOc2ccccc21. The van der Waals surface area contributed by atoms with E-state index in [0.29, 0.717) is 32.3 Å². The fourth-order valence-electron chi connectivity index (χ4n) is 2.33. The van der Waals surface area contributed by atoms with Gasteiger partial charge < -0.3 is 19.9 Å². The molecule has 0 saturated heterocycles. The van der Waals surface area contributed by atoms with Crippen LogP contribution >= 0.6 is 0 Å². The van der Waals surface area contributed by atoms with Crippen LogP contribution < -0.4 is 10.1 Å². The van der Waals surface area contributed by atoms with Crippen molar-refractivity contribution in [3.8, 4) is 5.75 Å². The average molecular weight is 279 g/mol. The smallest absolute Gasteiger partial charge is 0.124 e. The van der Waals surface area contributed by atoms with Crippen LogP contribution in [0.4, 0.5) is 0 Å². The number of fused-ring (bicyclic) bond motifs is 1. The number of aliphatic hydroxyl groups excluding tert-OH is 1. The van der Waals surface area contributed by atoms with Crippen molar-refractivity contribution in [1.29, 1.82) is 0 Å². The molecular weight excluding hydrogens is 254 g/mol. The van der Waals surface area contributed by atoms with Gasteiger partial charge in [0.25, 0.3) is 0 Å². The zero-order valence-corrected chi connectivity index (χ0v) is 12.3. The number of ether oxygens (including phenoxy) is 2. The van der Waals surface area contributed by atoms with E-state index in [-0.39, 0.29) is 6.04 Å². The van der Waals surface area contributed by atoms with Crippen LogP contribution in [0.25, 0.3) is 0 Å². The van der Waals surface area contributed by atoms with E-state index in [0.717, 1.165) is 12.2 Å². The van der Waals surface area contributed by atoms with Crippen molar-refractivity contribution in [1.82, 2.24) is 5.32 Å². The fraction of sp³-hybridized carbons (Fsp3) is 0.625. The number of aliphatic hydroxyl groups is 1. The van der Waals surface area contributed by atoms with E-state index in [1.165, 1.54) is 5.56 Å². The number of hydrogen-bond donors (Lipinski definition) is 2. The van der Waals surface area contributed by atoms with Gasteiger partial charge in [0, 0.05) is 31.2 Å². The number of hydrogen-bond acceptors (Lipinski definition) is 4. The van der Waals surface area contributed by atoms with Crippen molar-refractivity contribution in [2.75, 3.05) is 26.4 Å². The molecule has 1 heterocycles. The Kier molecular flexibility index (Phi) is 5.83. The van der Waals surface area contributed by atoms with Crippen molar-refractivity contribution in [2.24, 2.45) is 5.92 Å². The second kappa shape index (κ2) is 7.62. The Balaban J connectivity index is 1.77. The molecule has 4 nitrogen and oxygen atoms in total. The highest BCUT2D eigenvalue weighted by Gasteiger charge is 2.21. The summed E-state index contributed by atoms with van der Waals surface area (Å²) >= 11 is 0. The molecule has 0 fully saturated rings. The summed E-state index contributed by atoms with van der Waals surface area (Å²) in [5.74, 6) is 1.44. The molecule has 1 aliphatic heterocycles. The van der Waals surface area contributed by atoms with Crippen molar-refractivity contribution in [3.05, 3.63) is 29.8 Å². The molecule has 0 amide bonds. The summed E-state index contributed by atoms with van der Waals surface area (Å²) in [5, 5.41) is 13.3. The number of nitrogens with one attached hydrogen (secondary N) is 1. The van der Waals surface area contributed by atoms with Gasteiger partial charge in [-0.3, -0.25) is 0 Å². The minimum Gasteiger partial charge on any atom is -0.493 e. The third-order valence-corrected chi connectivity index (χ3v) is 3.32. The lowest BCUT2D eigenvalue weighted by Gasteiger charge is -2.27. The summed E-state index contributed by atoms with van der Waals surface area (Å²) < 4.78 is 11.1. The lowest BCUT2D eigenvalue weighted by molar-refractivity contribution is 0.0243. The van der Waals surface area contributed by atoms with Gasteiger partial charge in [0.2, 0.25) is 0 Å². The molecule has 2 rings (SSSR count).